The lowest BCUT2D eigenvalue weighted by atomic mass is 10.1. The van der Waals surface area contributed by atoms with Gasteiger partial charge in [0.2, 0.25) is 0 Å². The zero-order chi connectivity index (χ0) is 20.5. The molecule has 0 bridgehead atoms. The van der Waals surface area contributed by atoms with Crippen LogP contribution in [-0.4, -0.2) is 65.7 Å². The molecule has 3 aliphatic heterocycles. The van der Waals surface area contributed by atoms with Gasteiger partial charge in [-0.3, -0.25) is 9.59 Å². The van der Waals surface area contributed by atoms with Crippen LogP contribution in [0, 0.1) is 0 Å². The molecule has 3 rings (SSSR count). The van der Waals surface area contributed by atoms with Crippen molar-refractivity contribution in [2.45, 2.75) is 89.7 Å². The van der Waals surface area contributed by atoms with Crippen LogP contribution < -0.4 is 0 Å². The van der Waals surface area contributed by atoms with Crippen molar-refractivity contribution >= 4 is 32.7 Å². The van der Waals surface area contributed by atoms with Gasteiger partial charge in [-0.05, 0) is 44.9 Å². The second-order valence-electron chi connectivity index (χ2n) is 7.89. The highest BCUT2D eigenvalue weighted by Gasteiger charge is 2.59. The molecule has 0 aromatic carbocycles. The highest BCUT2D eigenvalue weighted by atomic mass is 33.1. The fourth-order valence-electron chi connectivity index (χ4n) is 3.43. The van der Waals surface area contributed by atoms with E-state index in [2.05, 4.69) is 0 Å². The summed E-state index contributed by atoms with van der Waals surface area (Å²) in [5.74, 6) is -1.17. The van der Waals surface area contributed by atoms with E-state index < -0.39 is 36.2 Å². The second kappa shape index (κ2) is 8.79. The van der Waals surface area contributed by atoms with Gasteiger partial charge >= 0.3 is 5.97 Å². The minimum absolute atomic E-state index is 0.0484. The SMILES string of the molecule is CC(=O)SSCCCC(=O)O[C@@H]1[C@H]2OC(C)(C)O[C@H]2O[C@@H]1[C@@H]1COC(C)(C)O1. The minimum atomic E-state index is -0.808. The van der Waals surface area contributed by atoms with Gasteiger partial charge in [0.1, 0.15) is 12.2 Å². The fraction of sp³-hybridized carbons (Fsp3) is 0.889. The lowest BCUT2D eigenvalue weighted by Gasteiger charge is -2.28. The van der Waals surface area contributed by atoms with E-state index in [9.17, 15) is 9.59 Å². The summed E-state index contributed by atoms with van der Waals surface area (Å²) in [5, 5.41) is 0.0484. The summed E-state index contributed by atoms with van der Waals surface area (Å²) >= 11 is 0. The standard InChI is InChI=1S/C18H28O8S2/c1-10(19)28-27-8-6-7-12(20)22-14-13(11-9-21-17(2,3)24-11)23-16-15(14)25-18(4,5)26-16/h11,13-16H,6-9H2,1-5H3/t11-,13+,14-,15+,16+/m0/s1. The Morgan fingerprint density at radius 1 is 1.07 bits per heavy atom. The lowest BCUT2D eigenvalue weighted by Crippen LogP contribution is -2.45. The van der Waals surface area contributed by atoms with Crippen LogP contribution in [0.4, 0.5) is 0 Å². The largest absolute Gasteiger partial charge is 0.456 e. The summed E-state index contributed by atoms with van der Waals surface area (Å²) in [7, 11) is 2.62. The quantitative estimate of drug-likeness (QED) is 0.337. The molecule has 0 N–H and O–H groups in total. The second-order valence-corrected chi connectivity index (χ2v) is 10.5. The third-order valence-electron chi connectivity index (χ3n) is 4.48. The van der Waals surface area contributed by atoms with Gasteiger partial charge < -0.3 is 28.4 Å². The first-order valence-corrected chi connectivity index (χ1v) is 11.7. The van der Waals surface area contributed by atoms with Gasteiger partial charge in [0.25, 0.3) is 0 Å². The average Bonchev–Trinajstić information content (AvgIpc) is 3.17. The van der Waals surface area contributed by atoms with Crippen LogP contribution in [0.25, 0.3) is 0 Å². The Kier molecular flexibility index (Phi) is 7.01. The summed E-state index contributed by atoms with van der Waals surface area (Å²) in [5.41, 5.74) is 0. The van der Waals surface area contributed by atoms with Gasteiger partial charge in [0, 0.05) is 19.1 Å². The Morgan fingerprint density at radius 2 is 1.82 bits per heavy atom. The van der Waals surface area contributed by atoms with Crippen LogP contribution >= 0.6 is 21.6 Å². The van der Waals surface area contributed by atoms with Crippen molar-refractivity contribution in [3.05, 3.63) is 0 Å². The Morgan fingerprint density at radius 3 is 2.46 bits per heavy atom. The topological polar surface area (TPSA) is 89.5 Å². The molecule has 0 aromatic heterocycles. The van der Waals surface area contributed by atoms with Gasteiger partial charge in [-0.25, -0.2) is 0 Å². The normalized spacial score (nSPS) is 35.7. The summed E-state index contributed by atoms with van der Waals surface area (Å²) in [4.78, 5) is 23.3. The van der Waals surface area contributed by atoms with E-state index in [1.54, 1.807) is 13.8 Å². The summed E-state index contributed by atoms with van der Waals surface area (Å²) in [6.45, 7) is 9.11. The number of rotatable bonds is 7. The smallest absolute Gasteiger partial charge is 0.306 e. The molecule has 3 heterocycles. The number of fused-ring (bicyclic) bond motifs is 1. The Labute approximate surface area is 173 Å². The predicted octanol–water partition coefficient (Wildman–Crippen LogP) is 2.63. The molecule has 0 aliphatic carbocycles. The lowest BCUT2D eigenvalue weighted by molar-refractivity contribution is -0.235. The van der Waals surface area contributed by atoms with Crippen molar-refractivity contribution in [1.82, 2.24) is 0 Å². The minimum Gasteiger partial charge on any atom is -0.456 e. The number of hydrogen-bond donors (Lipinski definition) is 0. The number of carbonyl (C=O) groups excluding carboxylic acids is 2. The number of esters is 1. The van der Waals surface area contributed by atoms with Gasteiger partial charge in [0.05, 0.1) is 6.61 Å². The summed E-state index contributed by atoms with van der Waals surface area (Å²) in [6.07, 6.45) is -1.80. The first kappa shape index (κ1) is 22.3. The molecule has 5 atom stereocenters. The van der Waals surface area contributed by atoms with Crippen LogP contribution in [0.15, 0.2) is 0 Å². The van der Waals surface area contributed by atoms with Crippen LogP contribution in [0.5, 0.6) is 0 Å². The van der Waals surface area contributed by atoms with E-state index in [1.807, 2.05) is 13.8 Å². The van der Waals surface area contributed by atoms with Crippen LogP contribution in [0.1, 0.15) is 47.5 Å². The molecule has 8 nitrogen and oxygen atoms in total. The highest BCUT2D eigenvalue weighted by Crippen LogP contribution is 2.42. The van der Waals surface area contributed by atoms with E-state index >= 15 is 0 Å². The highest BCUT2D eigenvalue weighted by molar-refractivity contribution is 8.82. The van der Waals surface area contributed by atoms with Crippen molar-refractivity contribution in [3.8, 4) is 0 Å². The van der Waals surface area contributed by atoms with Crippen molar-refractivity contribution in [3.63, 3.8) is 0 Å². The Bertz CT molecular complexity index is 596. The monoisotopic (exact) mass is 436 g/mol. The van der Waals surface area contributed by atoms with Gasteiger partial charge in [-0.1, -0.05) is 10.8 Å². The van der Waals surface area contributed by atoms with Crippen LogP contribution in [0.3, 0.4) is 0 Å². The van der Waals surface area contributed by atoms with Crippen molar-refractivity contribution in [1.29, 1.82) is 0 Å². The van der Waals surface area contributed by atoms with Crippen molar-refractivity contribution < 1.29 is 38.0 Å². The van der Waals surface area contributed by atoms with Crippen molar-refractivity contribution in [2.24, 2.45) is 0 Å². The van der Waals surface area contributed by atoms with Gasteiger partial charge in [0.15, 0.2) is 35.2 Å². The van der Waals surface area contributed by atoms with E-state index in [1.165, 1.54) is 28.5 Å². The summed E-state index contributed by atoms with van der Waals surface area (Å²) in [6, 6.07) is 0. The molecule has 3 saturated heterocycles. The molecule has 3 fully saturated rings. The molecule has 0 aromatic rings. The molecular formula is C18H28O8S2. The molecule has 0 spiro atoms. The molecule has 3 aliphatic rings. The molecule has 0 radical (unpaired) electrons. The molecular weight excluding hydrogens is 408 g/mol. The molecule has 0 amide bonds. The average molecular weight is 437 g/mol. The van der Waals surface area contributed by atoms with E-state index in [0.29, 0.717) is 18.8 Å². The number of hydrogen-bond acceptors (Lipinski definition) is 10. The zero-order valence-electron chi connectivity index (χ0n) is 16.8. The number of ether oxygens (including phenoxy) is 6. The third kappa shape index (κ3) is 5.62. The maximum absolute atomic E-state index is 12.4. The Hall–Kier alpha value is -0.360. The molecule has 10 heteroatoms. The summed E-state index contributed by atoms with van der Waals surface area (Å²) < 4.78 is 35.0. The maximum atomic E-state index is 12.4. The maximum Gasteiger partial charge on any atom is 0.306 e. The van der Waals surface area contributed by atoms with E-state index in [-0.39, 0.29) is 23.6 Å². The molecule has 28 heavy (non-hydrogen) atoms. The molecule has 160 valence electrons. The van der Waals surface area contributed by atoms with E-state index in [0.717, 1.165) is 0 Å². The predicted molar refractivity (Wildman–Crippen MR) is 103 cm³/mol. The third-order valence-corrected chi connectivity index (χ3v) is 6.84. The van der Waals surface area contributed by atoms with Crippen LogP contribution in [-0.2, 0) is 38.0 Å². The van der Waals surface area contributed by atoms with Crippen molar-refractivity contribution in [2.75, 3.05) is 12.4 Å². The van der Waals surface area contributed by atoms with E-state index in [4.69, 9.17) is 28.4 Å². The first-order chi connectivity index (χ1) is 13.1. The first-order valence-electron chi connectivity index (χ1n) is 9.39. The molecule has 0 saturated carbocycles. The van der Waals surface area contributed by atoms with Crippen LogP contribution in [0.2, 0.25) is 0 Å². The number of carbonyl (C=O) groups is 2. The van der Waals surface area contributed by atoms with Gasteiger partial charge in [-0.15, -0.1) is 0 Å². The fourth-order valence-corrected chi connectivity index (χ4v) is 5.04. The van der Waals surface area contributed by atoms with Gasteiger partial charge in [-0.2, -0.15) is 0 Å². The molecule has 0 unspecified atom stereocenters. The Balaban J connectivity index is 1.57. The zero-order valence-corrected chi connectivity index (χ0v) is 18.4.